The van der Waals surface area contributed by atoms with Crippen molar-refractivity contribution in [1.29, 1.82) is 0 Å². The molecule has 1 heterocycles. The van der Waals surface area contributed by atoms with E-state index in [4.69, 9.17) is 21.1 Å². The second-order valence-corrected chi connectivity index (χ2v) is 10.3. The van der Waals surface area contributed by atoms with E-state index in [1.807, 2.05) is 25.1 Å². The van der Waals surface area contributed by atoms with Crippen LogP contribution in [0.25, 0.3) is 22.3 Å². The first-order valence-corrected chi connectivity index (χ1v) is 13.9. The third-order valence-corrected chi connectivity index (χ3v) is 7.27. The van der Waals surface area contributed by atoms with Gasteiger partial charge in [-0.05, 0) is 65.3 Å². The fourth-order valence-electron chi connectivity index (χ4n) is 4.17. The van der Waals surface area contributed by atoms with Crippen LogP contribution < -0.4 is 15.0 Å². The molecule has 1 aromatic heterocycles. The Morgan fingerprint density at radius 1 is 0.976 bits per heavy atom. The molecule has 0 aliphatic rings. The summed E-state index contributed by atoms with van der Waals surface area (Å²) < 4.78 is 53.8. The van der Waals surface area contributed by atoms with Crippen LogP contribution in [0.4, 0.5) is 13.2 Å². The zero-order valence-electron chi connectivity index (χ0n) is 22.0. The first-order valence-electron chi connectivity index (χ1n) is 12.7. The largest absolute Gasteiger partial charge is 0.490 e. The number of benzene rings is 4. The quantitative estimate of drug-likeness (QED) is 0.158. The molecule has 4 aromatic carbocycles. The Morgan fingerprint density at radius 3 is 2.48 bits per heavy atom. The van der Waals surface area contributed by atoms with Gasteiger partial charge >= 0.3 is 6.18 Å². The first-order chi connectivity index (χ1) is 20.2. The van der Waals surface area contributed by atoms with Crippen molar-refractivity contribution < 1.29 is 22.6 Å². The summed E-state index contributed by atoms with van der Waals surface area (Å²) in [6, 6.07) is 21.9. The van der Waals surface area contributed by atoms with E-state index in [1.54, 1.807) is 42.5 Å². The normalized spacial score (nSPS) is 11.8. The van der Waals surface area contributed by atoms with E-state index in [1.165, 1.54) is 18.3 Å². The molecule has 0 aliphatic heterocycles. The van der Waals surface area contributed by atoms with Gasteiger partial charge in [-0.25, -0.2) is 4.98 Å². The van der Waals surface area contributed by atoms with E-state index in [0.717, 1.165) is 22.4 Å². The summed E-state index contributed by atoms with van der Waals surface area (Å²) in [5.74, 6) is 0.841. The van der Waals surface area contributed by atoms with Gasteiger partial charge in [-0.3, -0.25) is 4.79 Å². The molecule has 0 bridgehead atoms. The number of ether oxygens (including phenoxy) is 2. The van der Waals surface area contributed by atoms with Crippen molar-refractivity contribution in [3.63, 3.8) is 0 Å². The lowest BCUT2D eigenvalue weighted by molar-refractivity contribution is -0.137. The van der Waals surface area contributed by atoms with Gasteiger partial charge in [0.2, 0.25) is 0 Å². The van der Waals surface area contributed by atoms with Crippen molar-refractivity contribution in [2.24, 2.45) is 5.10 Å². The summed E-state index contributed by atoms with van der Waals surface area (Å²) in [6.07, 6.45) is -3.17. The van der Waals surface area contributed by atoms with Crippen molar-refractivity contribution in [3.05, 3.63) is 121 Å². The van der Waals surface area contributed by atoms with Gasteiger partial charge in [-0.1, -0.05) is 54.1 Å². The average molecular weight is 657 g/mol. The monoisotopic (exact) mass is 655 g/mol. The SMILES string of the molecule is CCOc1cc(C=Nn2c(-c3cccc(C(F)(F)F)c3)nc3ccccc3c2=O)c(Br)cc1OCc1ccccc1Cl. The molecule has 0 N–H and O–H groups in total. The fourth-order valence-corrected chi connectivity index (χ4v) is 4.79. The number of alkyl halides is 3. The van der Waals surface area contributed by atoms with Gasteiger partial charge in [0.25, 0.3) is 5.56 Å². The molecule has 42 heavy (non-hydrogen) atoms. The van der Waals surface area contributed by atoms with E-state index in [0.29, 0.717) is 38.7 Å². The standard InChI is InChI=1S/C31H22BrClF3N3O3/c1-2-41-27-15-21(24(32)16-28(27)42-18-20-8-3-5-12-25(20)33)17-37-39-29(19-9-7-10-22(14-19)31(34,35)36)38-26-13-6-4-11-23(26)30(39)40/h3-17H,2,18H2,1H3. The highest BCUT2D eigenvalue weighted by Crippen LogP contribution is 2.35. The molecule has 0 unspecified atom stereocenters. The van der Waals surface area contributed by atoms with Crippen molar-refractivity contribution in [1.82, 2.24) is 9.66 Å². The van der Waals surface area contributed by atoms with E-state index < -0.39 is 17.3 Å². The van der Waals surface area contributed by atoms with Crippen LogP contribution in [0.3, 0.4) is 0 Å². The third kappa shape index (κ3) is 6.34. The molecule has 0 saturated heterocycles. The van der Waals surface area contributed by atoms with E-state index >= 15 is 0 Å². The first kappa shape index (κ1) is 29.3. The second-order valence-electron chi connectivity index (χ2n) is 9.03. The molecule has 0 radical (unpaired) electrons. The number of nitrogens with zero attached hydrogens (tertiary/aromatic N) is 3. The van der Waals surface area contributed by atoms with Gasteiger partial charge in [0.15, 0.2) is 17.3 Å². The van der Waals surface area contributed by atoms with E-state index in [9.17, 15) is 18.0 Å². The Hall–Kier alpha value is -4.15. The molecule has 0 spiro atoms. The minimum absolute atomic E-state index is 0.0399. The predicted molar refractivity (Wildman–Crippen MR) is 161 cm³/mol. The number of aromatic nitrogens is 2. The number of rotatable bonds is 8. The maximum Gasteiger partial charge on any atom is 0.416 e. The maximum absolute atomic E-state index is 13.5. The molecule has 11 heteroatoms. The van der Waals surface area contributed by atoms with Gasteiger partial charge in [0, 0.05) is 26.2 Å². The summed E-state index contributed by atoms with van der Waals surface area (Å²) in [4.78, 5) is 18.0. The van der Waals surface area contributed by atoms with Crippen LogP contribution >= 0.6 is 27.5 Å². The molecule has 0 fully saturated rings. The summed E-state index contributed by atoms with van der Waals surface area (Å²) in [7, 11) is 0. The Balaban J connectivity index is 1.57. The zero-order chi connectivity index (χ0) is 29.9. The lowest BCUT2D eigenvalue weighted by atomic mass is 10.1. The van der Waals surface area contributed by atoms with Crippen LogP contribution in [0.2, 0.25) is 5.02 Å². The third-order valence-electron chi connectivity index (χ3n) is 6.22. The van der Waals surface area contributed by atoms with Crippen LogP contribution in [0.15, 0.2) is 99.3 Å². The van der Waals surface area contributed by atoms with Gasteiger partial charge in [0.05, 0.1) is 29.3 Å². The zero-order valence-corrected chi connectivity index (χ0v) is 24.4. The number of halogens is 5. The highest BCUT2D eigenvalue weighted by atomic mass is 79.9. The molecular formula is C31H22BrClF3N3O3. The molecular weight excluding hydrogens is 635 g/mol. The van der Waals surface area contributed by atoms with Crippen LogP contribution in [0, 0.1) is 0 Å². The molecule has 0 atom stereocenters. The van der Waals surface area contributed by atoms with E-state index in [2.05, 4.69) is 26.0 Å². The van der Waals surface area contributed by atoms with Crippen molar-refractivity contribution in [2.75, 3.05) is 6.61 Å². The number of para-hydroxylation sites is 1. The number of hydrogen-bond donors (Lipinski definition) is 0. The van der Waals surface area contributed by atoms with E-state index in [-0.39, 0.29) is 23.4 Å². The molecule has 5 aromatic rings. The lowest BCUT2D eigenvalue weighted by Gasteiger charge is -2.15. The minimum Gasteiger partial charge on any atom is -0.490 e. The smallest absolute Gasteiger partial charge is 0.416 e. The highest BCUT2D eigenvalue weighted by molar-refractivity contribution is 9.10. The van der Waals surface area contributed by atoms with Gasteiger partial charge < -0.3 is 9.47 Å². The Labute approximate surface area is 252 Å². The molecule has 0 aliphatic carbocycles. The van der Waals surface area contributed by atoms with Crippen LogP contribution in [-0.2, 0) is 12.8 Å². The summed E-state index contributed by atoms with van der Waals surface area (Å²) in [6.45, 7) is 2.39. The summed E-state index contributed by atoms with van der Waals surface area (Å²) in [5.41, 5.74) is 0.343. The lowest BCUT2D eigenvalue weighted by Crippen LogP contribution is -2.20. The molecule has 5 rings (SSSR count). The summed E-state index contributed by atoms with van der Waals surface area (Å²) in [5, 5.41) is 5.22. The van der Waals surface area contributed by atoms with Gasteiger partial charge in [-0.2, -0.15) is 22.9 Å². The maximum atomic E-state index is 13.5. The second kappa shape index (κ2) is 12.4. The Morgan fingerprint density at radius 2 is 1.71 bits per heavy atom. The Kier molecular flexibility index (Phi) is 8.65. The summed E-state index contributed by atoms with van der Waals surface area (Å²) >= 11 is 9.78. The fraction of sp³-hybridized carbons (Fsp3) is 0.129. The van der Waals surface area contributed by atoms with Crippen molar-refractivity contribution in [2.45, 2.75) is 19.7 Å². The molecule has 0 amide bonds. The number of hydrogen-bond acceptors (Lipinski definition) is 5. The molecule has 214 valence electrons. The Bertz CT molecular complexity index is 1860. The van der Waals surface area contributed by atoms with Gasteiger partial charge in [-0.15, -0.1) is 0 Å². The number of fused-ring (bicyclic) bond motifs is 1. The molecule has 0 saturated carbocycles. The highest BCUT2D eigenvalue weighted by Gasteiger charge is 2.31. The predicted octanol–water partition coefficient (Wildman–Crippen LogP) is 8.36. The average Bonchev–Trinajstić information content (AvgIpc) is 2.97. The van der Waals surface area contributed by atoms with Crippen LogP contribution in [0.5, 0.6) is 11.5 Å². The van der Waals surface area contributed by atoms with Crippen LogP contribution in [0.1, 0.15) is 23.6 Å². The van der Waals surface area contributed by atoms with Gasteiger partial charge in [0.1, 0.15) is 6.61 Å². The van der Waals surface area contributed by atoms with Crippen LogP contribution in [-0.4, -0.2) is 22.5 Å². The molecule has 6 nitrogen and oxygen atoms in total. The topological polar surface area (TPSA) is 65.7 Å². The van der Waals surface area contributed by atoms with Crippen molar-refractivity contribution >= 4 is 44.6 Å². The van der Waals surface area contributed by atoms with Crippen molar-refractivity contribution in [3.8, 4) is 22.9 Å². The minimum atomic E-state index is -4.57.